The number of nitrogens with one attached hydrogen (secondary N) is 1. The van der Waals surface area contributed by atoms with E-state index in [9.17, 15) is 13.2 Å². The molecule has 3 aliphatic heterocycles. The number of anilines is 1. The number of pyridine rings is 1. The first kappa shape index (κ1) is 18.5. The molecule has 6 rings (SSSR count). The van der Waals surface area contributed by atoms with Gasteiger partial charge in [-0.1, -0.05) is 6.07 Å². The van der Waals surface area contributed by atoms with Crippen LogP contribution in [0, 0.1) is 0 Å². The molecule has 3 aliphatic rings. The van der Waals surface area contributed by atoms with Gasteiger partial charge in [0.05, 0.1) is 5.69 Å². The monoisotopic (exact) mass is 425 g/mol. The van der Waals surface area contributed by atoms with Gasteiger partial charge >= 0.3 is 0 Å². The summed E-state index contributed by atoms with van der Waals surface area (Å²) in [6, 6.07) is 12.3. The van der Waals surface area contributed by atoms with Crippen molar-refractivity contribution < 1.29 is 13.2 Å². The fourth-order valence-electron chi connectivity index (χ4n) is 4.52. The topological polar surface area (TPSA) is 79.4 Å². The Balaban J connectivity index is 1.84. The number of thiophene rings is 1. The summed E-state index contributed by atoms with van der Waals surface area (Å²) in [4.78, 5) is 16.3. The van der Waals surface area contributed by atoms with Crippen molar-refractivity contribution in [3.8, 4) is 11.3 Å². The van der Waals surface area contributed by atoms with Gasteiger partial charge in [0.25, 0.3) is 0 Å². The van der Waals surface area contributed by atoms with Gasteiger partial charge in [-0.15, -0.1) is 11.3 Å². The summed E-state index contributed by atoms with van der Waals surface area (Å²) >= 11 is 1.24. The number of hydrogen-bond acceptors (Lipinski definition) is 7. The van der Waals surface area contributed by atoms with Crippen molar-refractivity contribution in [3.05, 3.63) is 65.2 Å². The van der Waals surface area contributed by atoms with Crippen LogP contribution in [0.25, 0.3) is 11.3 Å². The van der Waals surface area contributed by atoms with Crippen LogP contribution in [0.15, 0.2) is 58.3 Å². The Hall–Kier alpha value is -2.55. The maximum absolute atomic E-state index is 14.3. The molecule has 2 atom stereocenters. The summed E-state index contributed by atoms with van der Waals surface area (Å²) in [7, 11) is -3.80. The van der Waals surface area contributed by atoms with Crippen LogP contribution in [-0.2, 0) is 14.7 Å². The lowest BCUT2D eigenvalue weighted by atomic mass is 9.95. The molecule has 5 heterocycles. The summed E-state index contributed by atoms with van der Waals surface area (Å²) in [6.45, 7) is 3.06. The fraction of sp³-hybridized carbons (Fsp3) is 0.238. The Kier molecular flexibility index (Phi) is 4.13. The van der Waals surface area contributed by atoms with Crippen molar-refractivity contribution in [2.45, 2.75) is 22.0 Å². The van der Waals surface area contributed by atoms with E-state index in [1.54, 1.807) is 23.7 Å². The number of carbonyl (C=O) groups is 1. The highest BCUT2D eigenvalue weighted by atomic mass is 32.2. The van der Waals surface area contributed by atoms with Gasteiger partial charge in [-0.25, -0.2) is 8.42 Å². The summed E-state index contributed by atoms with van der Waals surface area (Å²) in [5.41, 5.74) is 3.27. The van der Waals surface area contributed by atoms with Crippen LogP contribution in [0.1, 0.15) is 22.8 Å². The molecule has 148 valence electrons. The third-order valence-electron chi connectivity index (χ3n) is 5.85. The van der Waals surface area contributed by atoms with Crippen LogP contribution in [0.4, 0.5) is 5.69 Å². The molecule has 1 unspecified atom stereocenters. The van der Waals surface area contributed by atoms with E-state index in [1.165, 1.54) is 11.3 Å². The normalized spacial score (nSPS) is 24.7. The molecule has 1 fully saturated rings. The van der Waals surface area contributed by atoms with E-state index in [-0.39, 0.29) is 6.04 Å². The Bertz CT molecular complexity index is 1190. The lowest BCUT2D eigenvalue weighted by molar-refractivity contribution is 0.112. The molecule has 2 aromatic heterocycles. The molecule has 0 radical (unpaired) electrons. The van der Waals surface area contributed by atoms with E-state index < -0.39 is 14.7 Å². The molecule has 3 aromatic rings. The van der Waals surface area contributed by atoms with Crippen molar-refractivity contribution in [3.63, 3.8) is 0 Å². The first-order chi connectivity index (χ1) is 14.0. The lowest BCUT2D eigenvalue weighted by Gasteiger charge is -2.52. The number of sulfone groups is 1. The number of carbonyl (C=O) groups excluding carboxylic acids is 1. The largest absolute Gasteiger partial charge is 0.346 e. The zero-order chi connectivity index (χ0) is 20.2. The lowest BCUT2D eigenvalue weighted by Crippen LogP contribution is -2.68. The summed E-state index contributed by atoms with van der Waals surface area (Å²) in [6.07, 6.45) is 2.47. The van der Waals surface area contributed by atoms with E-state index in [2.05, 4.69) is 10.3 Å². The molecule has 1 spiro atoms. The van der Waals surface area contributed by atoms with Gasteiger partial charge in [-0.3, -0.25) is 9.78 Å². The molecular formula is C21H19N3O3S2. The van der Waals surface area contributed by atoms with Crippen molar-refractivity contribution in [1.82, 2.24) is 10.3 Å². The highest BCUT2D eigenvalue weighted by Gasteiger charge is 2.58. The average Bonchev–Trinajstić information content (AvgIpc) is 3.23. The van der Waals surface area contributed by atoms with Gasteiger partial charge in [0.1, 0.15) is 10.5 Å². The maximum Gasteiger partial charge on any atom is 0.218 e. The standard InChI is InChI=1S/C21H19N3O3S2/c1-14-21(24(10-9-22-14)17-5-2-15(13-25)3-6-17)16-4-7-19(23-12-16)18-8-11-28-20(18)29(21,26)27/h2-8,11-14,22H,9-10H2,1H3/t14?,21-/m0/s1. The number of fused-ring (bicyclic) bond motifs is 2. The van der Waals surface area contributed by atoms with Gasteiger partial charge in [0.15, 0.2) is 4.87 Å². The molecule has 0 aliphatic carbocycles. The predicted molar refractivity (Wildman–Crippen MR) is 113 cm³/mol. The van der Waals surface area contributed by atoms with Gasteiger partial charge in [0.2, 0.25) is 9.84 Å². The van der Waals surface area contributed by atoms with Crippen molar-refractivity contribution in [2.24, 2.45) is 0 Å². The number of piperazine rings is 1. The molecular weight excluding hydrogens is 406 g/mol. The molecule has 0 saturated carbocycles. The molecule has 1 saturated heterocycles. The zero-order valence-corrected chi connectivity index (χ0v) is 17.3. The number of rotatable bonds is 2. The minimum atomic E-state index is -3.80. The number of hydrogen-bond donors (Lipinski definition) is 1. The van der Waals surface area contributed by atoms with Crippen LogP contribution in [-0.4, -0.2) is 38.8 Å². The van der Waals surface area contributed by atoms with Crippen LogP contribution in [0.2, 0.25) is 0 Å². The minimum Gasteiger partial charge on any atom is -0.346 e. The van der Waals surface area contributed by atoms with E-state index in [0.717, 1.165) is 12.0 Å². The average molecular weight is 426 g/mol. The summed E-state index contributed by atoms with van der Waals surface area (Å²) in [5.74, 6) is 0. The van der Waals surface area contributed by atoms with E-state index in [0.29, 0.717) is 39.7 Å². The van der Waals surface area contributed by atoms with Crippen LogP contribution in [0.3, 0.4) is 0 Å². The molecule has 29 heavy (non-hydrogen) atoms. The minimum absolute atomic E-state index is 0.344. The maximum atomic E-state index is 14.3. The molecule has 2 bridgehead atoms. The SMILES string of the molecule is CC1NCCN(c2ccc(C=O)cc2)[C@@]12c1ccc(nc1)-c1ccsc1S2(=O)=O. The zero-order valence-electron chi connectivity index (χ0n) is 15.7. The van der Waals surface area contributed by atoms with E-state index in [4.69, 9.17) is 0 Å². The first-order valence-corrected chi connectivity index (χ1v) is 11.7. The smallest absolute Gasteiger partial charge is 0.218 e. The molecule has 8 heteroatoms. The van der Waals surface area contributed by atoms with Crippen molar-refractivity contribution >= 4 is 33.1 Å². The third-order valence-corrected chi connectivity index (χ3v) is 9.84. The molecule has 0 amide bonds. The third kappa shape index (κ3) is 2.39. The quantitative estimate of drug-likeness (QED) is 0.636. The van der Waals surface area contributed by atoms with Gasteiger partial charge < -0.3 is 10.2 Å². The highest BCUT2D eigenvalue weighted by molar-refractivity contribution is 7.94. The van der Waals surface area contributed by atoms with Gasteiger partial charge in [-0.05, 0) is 48.7 Å². The Labute approximate surface area is 173 Å². The van der Waals surface area contributed by atoms with E-state index in [1.807, 2.05) is 42.2 Å². The van der Waals surface area contributed by atoms with Gasteiger partial charge in [0, 0.05) is 47.7 Å². The second-order valence-corrected chi connectivity index (χ2v) is 10.5. The fourth-order valence-corrected chi connectivity index (χ4v) is 8.42. The second-order valence-electron chi connectivity index (χ2n) is 7.29. The molecule has 1 N–H and O–H groups in total. The van der Waals surface area contributed by atoms with Gasteiger partial charge in [-0.2, -0.15) is 0 Å². The summed E-state index contributed by atoms with van der Waals surface area (Å²) in [5, 5.41) is 5.18. The second kappa shape index (κ2) is 6.48. The Morgan fingerprint density at radius 2 is 2.00 bits per heavy atom. The number of aromatic nitrogens is 1. The van der Waals surface area contributed by atoms with Crippen LogP contribution in [0.5, 0.6) is 0 Å². The number of benzene rings is 1. The van der Waals surface area contributed by atoms with Crippen molar-refractivity contribution in [2.75, 3.05) is 18.0 Å². The predicted octanol–water partition coefficient (Wildman–Crippen LogP) is 3.06. The first-order valence-electron chi connectivity index (χ1n) is 9.35. The highest BCUT2D eigenvalue weighted by Crippen LogP contribution is 2.50. The van der Waals surface area contributed by atoms with E-state index >= 15 is 0 Å². The van der Waals surface area contributed by atoms with Crippen LogP contribution >= 0.6 is 11.3 Å². The summed E-state index contributed by atoms with van der Waals surface area (Å²) < 4.78 is 28.9. The molecule has 6 nitrogen and oxygen atoms in total. The van der Waals surface area contributed by atoms with Crippen molar-refractivity contribution in [1.29, 1.82) is 0 Å². The Morgan fingerprint density at radius 3 is 2.69 bits per heavy atom. The Morgan fingerprint density at radius 1 is 1.21 bits per heavy atom. The van der Waals surface area contributed by atoms with Crippen LogP contribution < -0.4 is 10.2 Å². The number of nitrogens with zero attached hydrogens (tertiary/aromatic N) is 2. The number of aldehydes is 1. The molecule has 1 aromatic carbocycles.